The van der Waals surface area contributed by atoms with Crippen molar-refractivity contribution in [2.24, 2.45) is 0 Å². The van der Waals surface area contributed by atoms with E-state index in [0.29, 0.717) is 17.1 Å². The van der Waals surface area contributed by atoms with Crippen LogP contribution in [0.2, 0.25) is 0 Å². The van der Waals surface area contributed by atoms with Gasteiger partial charge in [0.1, 0.15) is 17.2 Å². The van der Waals surface area contributed by atoms with Crippen LogP contribution < -0.4 is 19.5 Å². The smallest absolute Gasteiger partial charge is 0.262 e. The third kappa shape index (κ3) is 4.89. The third-order valence-corrected chi connectivity index (χ3v) is 5.91. The Morgan fingerprint density at radius 2 is 1.61 bits per heavy atom. The van der Waals surface area contributed by atoms with Crippen LogP contribution in [0.15, 0.2) is 65.6 Å². The molecule has 0 aliphatic rings. The molecule has 0 fully saturated rings. The lowest BCUT2D eigenvalue weighted by atomic mass is 10.1. The lowest BCUT2D eigenvalue weighted by molar-refractivity contribution is 0.102. The SMILES string of the molecule is COc1cc(C(=O)Nc2cc(S(=O)(=O)Nc3ccccc3OC)ccc2O)ccc1C. The molecule has 0 bridgehead atoms. The molecule has 9 heteroatoms. The van der Waals surface area contributed by atoms with Crippen LogP contribution in [0, 0.1) is 6.92 Å². The van der Waals surface area contributed by atoms with Crippen molar-refractivity contribution < 1.29 is 27.8 Å². The number of aromatic hydroxyl groups is 1. The molecule has 3 aromatic rings. The van der Waals surface area contributed by atoms with E-state index in [4.69, 9.17) is 9.47 Å². The zero-order valence-electron chi connectivity index (χ0n) is 17.2. The Morgan fingerprint density at radius 1 is 0.903 bits per heavy atom. The average Bonchev–Trinajstić information content (AvgIpc) is 2.75. The molecule has 0 aliphatic carbocycles. The molecule has 0 unspecified atom stereocenters. The van der Waals surface area contributed by atoms with Crippen molar-refractivity contribution in [3.05, 3.63) is 71.8 Å². The maximum atomic E-state index is 12.8. The van der Waals surface area contributed by atoms with Crippen LogP contribution in [-0.2, 0) is 10.0 Å². The van der Waals surface area contributed by atoms with E-state index in [0.717, 1.165) is 5.56 Å². The topological polar surface area (TPSA) is 114 Å². The van der Waals surface area contributed by atoms with Gasteiger partial charge in [-0.15, -0.1) is 0 Å². The van der Waals surface area contributed by atoms with E-state index >= 15 is 0 Å². The number of hydrogen-bond acceptors (Lipinski definition) is 6. The van der Waals surface area contributed by atoms with Crippen LogP contribution in [0.5, 0.6) is 17.2 Å². The summed E-state index contributed by atoms with van der Waals surface area (Å²) >= 11 is 0. The van der Waals surface area contributed by atoms with Gasteiger partial charge in [0.2, 0.25) is 0 Å². The summed E-state index contributed by atoms with van der Waals surface area (Å²) in [5.41, 5.74) is 1.36. The molecular formula is C22H22N2O6S. The first-order valence-electron chi connectivity index (χ1n) is 9.20. The van der Waals surface area contributed by atoms with Gasteiger partial charge in [-0.2, -0.15) is 0 Å². The van der Waals surface area contributed by atoms with Gasteiger partial charge in [0.25, 0.3) is 15.9 Å². The summed E-state index contributed by atoms with van der Waals surface area (Å²) in [5, 5.41) is 12.7. The quantitative estimate of drug-likeness (QED) is 0.480. The van der Waals surface area contributed by atoms with E-state index in [1.807, 2.05) is 6.92 Å². The highest BCUT2D eigenvalue weighted by Crippen LogP contribution is 2.30. The molecule has 0 heterocycles. The zero-order chi connectivity index (χ0) is 22.6. The number of amides is 1. The van der Waals surface area contributed by atoms with E-state index in [-0.39, 0.29) is 22.0 Å². The number of phenols is 1. The van der Waals surface area contributed by atoms with Crippen molar-refractivity contribution in [1.29, 1.82) is 0 Å². The molecule has 0 aromatic heterocycles. The highest BCUT2D eigenvalue weighted by Gasteiger charge is 2.19. The molecule has 31 heavy (non-hydrogen) atoms. The number of para-hydroxylation sites is 2. The van der Waals surface area contributed by atoms with E-state index in [2.05, 4.69) is 10.0 Å². The molecule has 1 amide bonds. The number of rotatable bonds is 7. The van der Waals surface area contributed by atoms with Gasteiger partial charge in [-0.25, -0.2) is 8.42 Å². The number of carbonyl (C=O) groups is 1. The summed E-state index contributed by atoms with van der Waals surface area (Å²) in [5.74, 6) is 0.0883. The molecule has 8 nitrogen and oxygen atoms in total. The van der Waals surface area contributed by atoms with Crippen molar-refractivity contribution >= 4 is 27.3 Å². The van der Waals surface area contributed by atoms with Crippen LogP contribution in [0.4, 0.5) is 11.4 Å². The molecule has 3 N–H and O–H groups in total. The molecule has 3 rings (SSSR count). The Bertz CT molecular complexity index is 1220. The fraction of sp³-hybridized carbons (Fsp3) is 0.136. The maximum absolute atomic E-state index is 12.8. The first-order valence-corrected chi connectivity index (χ1v) is 10.7. The first-order chi connectivity index (χ1) is 14.7. The summed E-state index contributed by atoms with van der Waals surface area (Å²) in [7, 11) is -1.08. The van der Waals surface area contributed by atoms with Crippen molar-refractivity contribution in [3.63, 3.8) is 0 Å². The van der Waals surface area contributed by atoms with Gasteiger partial charge in [-0.05, 0) is 55.0 Å². The summed E-state index contributed by atoms with van der Waals surface area (Å²) in [4.78, 5) is 12.5. The molecule has 0 atom stereocenters. The minimum Gasteiger partial charge on any atom is -0.506 e. The number of sulfonamides is 1. The predicted octanol–water partition coefficient (Wildman–Crippen LogP) is 3.77. The van der Waals surface area contributed by atoms with Crippen LogP contribution in [0.1, 0.15) is 15.9 Å². The third-order valence-electron chi connectivity index (χ3n) is 4.55. The van der Waals surface area contributed by atoms with Crippen LogP contribution in [-0.4, -0.2) is 33.7 Å². The van der Waals surface area contributed by atoms with E-state index in [9.17, 15) is 18.3 Å². The predicted molar refractivity (Wildman–Crippen MR) is 118 cm³/mol. The minimum atomic E-state index is -4.01. The highest BCUT2D eigenvalue weighted by molar-refractivity contribution is 7.92. The Morgan fingerprint density at radius 3 is 2.32 bits per heavy atom. The van der Waals surface area contributed by atoms with Crippen molar-refractivity contribution in [1.82, 2.24) is 0 Å². The van der Waals surface area contributed by atoms with Crippen molar-refractivity contribution in [2.75, 3.05) is 24.3 Å². The van der Waals surface area contributed by atoms with Crippen molar-refractivity contribution in [2.45, 2.75) is 11.8 Å². The lowest BCUT2D eigenvalue weighted by Gasteiger charge is -2.14. The molecule has 0 aliphatic heterocycles. The number of anilines is 2. The number of methoxy groups -OCH3 is 2. The maximum Gasteiger partial charge on any atom is 0.262 e. The van der Waals surface area contributed by atoms with E-state index in [1.54, 1.807) is 42.5 Å². The number of hydrogen-bond donors (Lipinski definition) is 3. The van der Waals surface area contributed by atoms with Gasteiger partial charge in [0.05, 0.1) is 30.5 Å². The lowest BCUT2D eigenvalue weighted by Crippen LogP contribution is -2.15. The molecule has 0 spiro atoms. The second kappa shape index (κ2) is 8.97. The zero-order valence-corrected chi connectivity index (χ0v) is 18.0. The minimum absolute atomic E-state index is 0.0487. The fourth-order valence-corrected chi connectivity index (χ4v) is 3.97. The Hall–Kier alpha value is -3.72. The van der Waals surface area contributed by atoms with Crippen LogP contribution >= 0.6 is 0 Å². The summed E-state index contributed by atoms with van der Waals surface area (Å²) in [6, 6.07) is 15.1. The molecule has 0 radical (unpaired) electrons. The number of carbonyl (C=O) groups excluding carboxylic acids is 1. The Labute approximate surface area is 180 Å². The van der Waals surface area contributed by atoms with E-state index < -0.39 is 15.9 Å². The van der Waals surface area contributed by atoms with Gasteiger partial charge in [0, 0.05) is 5.56 Å². The number of aryl methyl sites for hydroxylation is 1. The van der Waals surface area contributed by atoms with Gasteiger partial charge in [0.15, 0.2) is 0 Å². The summed E-state index contributed by atoms with van der Waals surface area (Å²) in [6.07, 6.45) is 0. The Balaban J connectivity index is 1.88. The largest absolute Gasteiger partial charge is 0.506 e. The van der Waals surface area contributed by atoms with Gasteiger partial charge >= 0.3 is 0 Å². The fourth-order valence-electron chi connectivity index (χ4n) is 2.87. The molecule has 0 saturated carbocycles. The second-order valence-corrected chi connectivity index (χ2v) is 8.31. The van der Waals surface area contributed by atoms with Crippen LogP contribution in [0.25, 0.3) is 0 Å². The molecular weight excluding hydrogens is 420 g/mol. The van der Waals surface area contributed by atoms with Gasteiger partial charge in [-0.3, -0.25) is 9.52 Å². The van der Waals surface area contributed by atoms with Crippen molar-refractivity contribution in [3.8, 4) is 17.2 Å². The summed E-state index contributed by atoms with van der Waals surface area (Å²) < 4.78 is 38.5. The molecule has 162 valence electrons. The highest BCUT2D eigenvalue weighted by atomic mass is 32.2. The van der Waals surface area contributed by atoms with Gasteiger partial charge < -0.3 is 19.9 Å². The van der Waals surface area contributed by atoms with Gasteiger partial charge in [-0.1, -0.05) is 18.2 Å². The first kappa shape index (κ1) is 22.0. The monoisotopic (exact) mass is 442 g/mol. The Kier molecular flexibility index (Phi) is 6.36. The normalized spacial score (nSPS) is 10.9. The van der Waals surface area contributed by atoms with E-state index in [1.165, 1.54) is 32.4 Å². The molecule has 0 saturated heterocycles. The number of nitrogens with one attached hydrogen (secondary N) is 2. The molecule has 3 aromatic carbocycles. The summed E-state index contributed by atoms with van der Waals surface area (Å²) in [6.45, 7) is 1.84. The average molecular weight is 442 g/mol. The number of ether oxygens (including phenoxy) is 2. The number of phenolic OH excluding ortho intramolecular Hbond substituents is 1. The number of benzene rings is 3. The second-order valence-electron chi connectivity index (χ2n) is 6.62. The van der Waals surface area contributed by atoms with Crippen LogP contribution in [0.3, 0.4) is 0 Å². The standard InChI is InChI=1S/C22H22N2O6S/c1-14-8-9-15(12-21(14)30-3)22(26)23-18-13-16(10-11-19(18)25)31(27,28)24-17-6-4-5-7-20(17)29-2/h4-13,24-25H,1-3H3,(H,23,26).